The Labute approximate surface area is 90.1 Å². The van der Waals surface area contributed by atoms with Crippen molar-refractivity contribution in [3.63, 3.8) is 0 Å². The fourth-order valence-electron chi connectivity index (χ4n) is 1.73. The summed E-state index contributed by atoms with van der Waals surface area (Å²) >= 11 is 0. The third kappa shape index (κ3) is 2.89. The molecule has 0 saturated carbocycles. The summed E-state index contributed by atoms with van der Waals surface area (Å²) in [5.41, 5.74) is 1.03. The normalized spacial score (nSPS) is 21.3. The third-order valence-electron chi connectivity index (χ3n) is 2.60. The van der Waals surface area contributed by atoms with Crippen molar-refractivity contribution in [2.75, 3.05) is 13.1 Å². The zero-order chi connectivity index (χ0) is 10.5. The Balaban J connectivity index is 1.96. The van der Waals surface area contributed by atoms with Crippen LogP contribution in [0, 0.1) is 0 Å². The largest absolute Gasteiger partial charge is 0.473 e. The molecule has 0 aliphatic carbocycles. The van der Waals surface area contributed by atoms with Gasteiger partial charge in [0.2, 0.25) is 5.88 Å². The average molecular weight is 207 g/mol. The number of nitrogens with zero attached hydrogens (tertiary/aromatic N) is 2. The number of rotatable bonds is 3. The van der Waals surface area contributed by atoms with Gasteiger partial charge in [-0.25, -0.2) is 9.97 Å². The molecule has 1 aliphatic heterocycles. The SMILES string of the molecule is CCc1cc(OC2CCCNC2)ncn1. The summed E-state index contributed by atoms with van der Waals surface area (Å²) in [6.07, 6.45) is 5.04. The summed E-state index contributed by atoms with van der Waals surface area (Å²) in [5, 5.41) is 3.32. The molecule has 1 N–H and O–H groups in total. The molecule has 1 saturated heterocycles. The Morgan fingerprint density at radius 3 is 3.20 bits per heavy atom. The maximum atomic E-state index is 5.78. The van der Waals surface area contributed by atoms with Crippen LogP contribution in [0.5, 0.6) is 5.88 Å². The smallest absolute Gasteiger partial charge is 0.216 e. The van der Waals surface area contributed by atoms with Gasteiger partial charge >= 0.3 is 0 Å². The molecule has 1 unspecified atom stereocenters. The number of hydrogen-bond donors (Lipinski definition) is 1. The second-order valence-corrected chi connectivity index (χ2v) is 3.79. The van der Waals surface area contributed by atoms with Gasteiger partial charge < -0.3 is 10.1 Å². The molecule has 0 bridgehead atoms. The van der Waals surface area contributed by atoms with Gasteiger partial charge in [-0.1, -0.05) is 6.92 Å². The molecule has 1 aromatic heterocycles. The van der Waals surface area contributed by atoms with E-state index in [4.69, 9.17) is 4.74 Å². The van der Waals surface area contributed by atoms with Gasteiger partial charge in [0.15, 0.2) is 0 Å². The molecule has 0 spiro atoms. The van der Waals surface area contributed by atoms with Crippen molar-refractivity contribution in [2.45, 2.75) is 32.3 Å². The van der Waals surface area contributed by atoms with Crippen LogP contribution >= 0.6 is 0 Å². The molecule has 4 nitrogen and oxygen atoms in total. The summed E-state index contributed by atoms with van der Waals surface area (Å²) in [5.74, 6) is 0.704. The van der Waals surface area contributed by atoms with E-state index in [9.17, 15) is 0 Å². The molecule has 0 amide bonds. The van der Waals surface area contributed by atoms with E-state index in [2.05, 4.69) is 22.2 Å². The number of nitrogens with one attached hydrogen (secondary N) is 1. The number of aryl methyl sites for hydroxylation is 1. The van der Waals surface area contributed by atoms with Crippen molar-refractivity contribution >= 4 is 0 Å². The van der Waals surface area contributed by atoms with Crippen molar-refractivity contribution in [1.29, 1.82) is 0 Å². The molecular formula is C11H17N3O. The van der Waals surface area contributed by atoms with Gasteiger partial charge in [-0.3, -0.25) is 0 Å². The highest BCUT2D eigenvalue weighted by molar-refractivity contribution is 5.13. The zero-order valence-corrected chi connectivity index (χ0v) is 9.07. The van der Waals surface area contributed by atoms with Crippen molar-refractivity contribution in [2.24, 2.45) is 0 Å². The van der Waals surface area contributed by atoms with E-state index in [1.807, 2.05) is 6.07 Å². The van der Waals surface area contributed by atoms with E-state index in [0.717, 1.165) is 31.6 Å². The van der Waals surface area contributed by atoms with Crippen LogP contribution in [-0.4, -0.2) is 29.2 Å². The fourth-order valence-corrected chi connectivity index (χ4v) is 1.73. The number of piperidine rings is 1. The number of aromatic nitrogens is 2. The molecule has 1 aromatic rings. The predicted octanol–water partition coefficient (Wildman–Crippen LogP) is 1.17. The topological polar surface area (TPSA) is 47.0 Å². The quantitative estimate of drug-likeness (QED) is 0.808. The Kier molecular flexibility index (Phi) is 3.50. The van der Waals surface area contributed by atoms with Crippen LogP contribution in [0.4, 0.5) is 0 Å². The molecule has 1 fully saturated rings. The number of hydrogen-bond acceptors (Lipinski definition) is 4. The third-order valence-corrected chi connectivity index (χ3v) is 2.60. The van der Waals surface area contributed by atoms with Crippen LogP contribution in [0.15, 0.2) is 12.4 Å². The maximum Gasteiger partial charge on any atom is 0.216 e. The Bertz CT molecular complexity index is 310. The highest BCUT2D eigenvalue weighted by Gasteiger charge is 2.14. The van der Waals surface area contributed by atoms with Gasteiger partial charge in [-0.05, 0) is 25.8 Å². The van der Waals surface area contributed by atoms with Crippen LogP contribution in [0.2, 0.25) is 0 Å². The lowest BCUT2D eigenvalue weighted by molar-refractivity contribution is 0.160. The van der Waals surface area contributed by atoms with E-state index < -0.39 is 0 Å². The summed E-state index contributed by atoms with van der Waals surface area (Å²) in [4.78, 5) is 8.26. The van der Waals surface area contributed by atoms with E-state index in [0.29, 0.717) is 5.88 Å². The first-order valence-electron chi connectivity index (χ1n) is 5.57. The lowest BCUT2D eigenvalue weighted by Crippen LogP contribution is -2.37. The van der Waals surface area contributed by atoms with Crippen LogP contribution in [0.1, 0.15) is 25.5 Å². The first-order chi connectivity index (χ1) is 7.38. The molecule has 0 radical (unpaired) electrons. The van der Waals surface area contributed by atoms with Gasteiger partial charge in [-0.2, -0.15) is 0 Å². The van der Waals surface area contributed by atoms with Crippen LogP contribution in [0.25, 0.3) is 0 Å². The van der Waals surface area contributed by atoms with Gasteiger partial charge in [0.25, 0.3) is 0 Å². The molecule has 2 rings (SSSR count). The van der Waals surface area contributed by atoms with Gasteiger partial charge in [0, 0.05) is 18.3 Å². The number of ether oxygens (including phenoxy) is 1. The molecule has 0 aromatic carbocycles. The standard InChI is InChI=1S/C11H17N3O/c1-2-9-6-11(14-8-13-9)15-10-4-3-5-12-7-10/h6,8,10,12H,2-5,7H2,1H3. The second-order valence-electron chi connectivity index (χ2n) is 3.79. The predicted molar refractivity (Wildman–Crippen MR) is 57.9 cm³/mol. The summed E-state index contributed by atoms with van der Waals surface area (Å²) in [6, 6.07) is 1.93. The Morgan fingerprint density at radius 1 is 1.53 bits per heavy atom. The molecular weight excluding hydrogens is 190 g/mol. The molecule has 4 heteroatoms. The molecule has 82 valence electrons. The molecule has 15 heavy (non-hydrogen) atoms. The van der Waals surface area contributed by atoms with Crippen LogP contribution in [0.3, 0.4) is 0 Å². The van der Waals surface area contributed by atoms with Crippen molar-refractivity contribution < 1.29 is 4.74 Å². The van der Waals surface area contributed by atoms with Gasteiger partial charge in [0.1, 0.15) is 12.4 Å². The minimum absolute atomic E-state index is 0.262. The monoisotopic (exact) mass is 207 g/mol. The van der Waals surface area contributed by atoms with E-state index in [1.165, 1.54) is 6.42 Å². The van der Waals surface area contributed by atoms with Crippen LogP contribution < -0.4 is 10.1 Å². The summed E-state index contributed by atoms with van der Waals surface area (Å²) < 4.78 is 5.78. The molecule has 1 atom stereocenters. The van der Waals surface area contributed by atoms with E-state index in [1.54, 1.807) is 6.33 Å². The van der Waals surface area contributed by atoms with Crippen molar-refractivity contribution in [1.82, 2.24) is 15.3 Å². The van der Waals surface area contributed by atoms with Crippen molar-refractivity contribution in [3.8, 4) is 5.88 Å². The van der Waals surface area contributed by atoms with Crippen LogP contribution in [-0.2, 0) is 6.42 Å². The summed E-state index contributed by atoms with van der Waals surface area (Å²) in [7, 11) is 0. The zero-order valence-electron chi connectivity index (χ0n) is 9.07. The fraction of sp³-hybridized carbons (Fsp3) is 0.636. The van der Waals surface area contributed by atoms with Crippen molar-refractivity contribution in [3.05, 3.63) is 18.1 Å². The van der Waals surface area contributed by atoms with Gasteiger partial charge in [0.05, 0.1) is 0 Å². The Hall–Kier alpha value is -1.16. The lowest BCUT2D eigenvalue weighted by Gasteiger charge is -2.23. The minimum Gasteiger partial charge on any atom is -0.473 e. The summed E-state index contributed by atoms with van der Waals surface area (Å²) in [6.45, 7) is 4.10. The Morgan fingerprint density at radius 2 is 2.47 bits per heavy atom. The molecule has 2 heterocycles. The molecule has 1 aliphatic rings. The first kappa shape index (κ1) is 10.4. The second kappa shape index (κ2) is 5.07. The average Bonchev–Trinajstić information content (AvgIpc) is 2.31. The minimum atomic E-state index is 0.262. The van der Waals surface area contributed by atoms with E-state index in [-0.39, 0.29) is 6.10 Å². The maximum absolute atomic E-state index is 5.78. The van der Waals surface area contributed by atoms with Gasteiger partial charge in [-0.15, -0.1) is 0 Å². The first-order valence-corrected chi connectivity index (χ1v) is 5.57. The highest BCUT2D eigenvalue weighted by Crippen LogP contribution is 2.13. The lowest BCUT2D eigenvalue weighted by atomic mass is 10.1. The highest BCUT2D eigenvalue weighted by atomic mass is 16.5. The van der Waals surface area contributed by atoms with E-state index >= 15 is 0 Å².